The molecule has 2 N–H and O–H groups in total. The van der Waals surface area contributed by atoms with E-state index in [1.54, 1.807) is 42.5 Å². The van der Waals surface area contributed by atoms with Crippen LogP contribution in [0.3, 0.4) is 0 Å². The molecule has 1 amide bonds. The Morgan fingerprint density at radius 2 is 1.70 bits per heavy atom. The number of hydrogen-bond acceptors (Lipinski definition) is 3. The lowest BCUT2D eigenvalue weighted by Gasteiger charge is -2.19. The van der Waals surface area contributed by atoms with E-state index >= 15 is 0 Å². The van der Waals surface area contributed by atoms with Crippen molar-refractivity contribution in [3.8, 4) is 0 Å². The van der Waals surface area contributed by atoms with Crippen molar-refractivity contribution in [3.63, 3.8) is 0 Å². The van der Waals surface area contributed by atoms with Gasteiger partial charge in [-0.25, -0.2) is 13.1 Å². The molecule has 5 nitrogen and oxygen atoms in total. The number of hydrogen-bond donors (Lipinski definition) is 2. The van der Waals surface area contributed by atoms with Crippen molar-refractivity contribution in [1.29, 1.82) is 0 Å². The van der Waals surface area contributed by atoms with Gasteiger partial charge in [-0.1, -0.05) is 41.9 Å². The zero-order chi connectivity index (χ0) is 16.9. The lowest BCUT2D eigenvalue weighted by Crippen LogP contribution is -2.32. The fraction of sp³-hybridized carbons (Fsp3) is 0.188. The summed E-state index contributed by atoms with van der Waals surface area (Å²) in [5, 5.41) is 3.04. The number of benzene rings is 2. The third kappa shape index (κ3) is 4.79. The molecular weight excluding hydrogens is 336 g/mol. The van der Waals surface area contributed by atoms with Crippen LogP contribution in [0, 0.1) is 0 Å². The normalized spacial score (nSPS) is 12.6. The van der Waals surface area contributed by atoms with Gasteiger partial charge in [0.05, 0.1) is 10.9 Å². The van der Waals surface area contributed by atoms with E-state index in [9.17, 15) is 13.2 Å². The number of nitrogens with one attached hydrogen (secondary N) is 2. The van der Waals surface area contributed by atoms with Gasteiger partial charge in [-0.2, -0.15) is 0 Å². The first-order valence-corrected chi connectivity index (χ1v) is 8.82. The zero-order valence-electron chi connectivity index (χ0n) is 12.5. The minimum Gasteiger partial charge on any atom is -0.359 e. The van der Waals surface area contributed by atoms with Crippen LogP contribution in [0.5, 0.6) is 0 Å². The summed E-state index contributed by atoms with van der Waals surface area (Å²) in [7, 11) is -2.23. The number of sulfonamides is 1. The van der Waals surface area contributed by atoms with Crippen LogP contribution >= 0.6 is 11.6 Å². The largest absolute Gasteiger partial charge is 0.359 e. The van der Waals surface area contributed by atoms with E-state index in [0.717, 1.165) is 0 Å². The first kappa shape index (κ1) is 17.5. The van der Waals surface area contributed by atoms with Crippen molar-refractivity contribution < 1.29 is 13.2 Å². The molecule has 0 fully saturated rings. The third-order valence-electron chi connectivity index (χ3n) is 3.29. The zero-order valence-corrected chi connectivity index (χ0v) is 14.1. The Hall–Kier alpha value is -1.89. The number of amides is 1. The van der Waals surface area contributed by atoms with E-state index in [1.165, 1.54) is 19.2 Å². The predicted octanol–water partition coefficient (Wildman–Crippen LogP) is 2.50. The summed E-state index contributed by atoms with van der Waals surface area (Å²) in [5.74, 6) is -0.263. The quantitative estimate of drug-likeness (QED) is 0.838. The summed E-state index contributed by atoms with van der Waals surface area (Å²) < 4.78 is 27.5. The Labute approximate surface area is 140 Å². The van der Waals surface area contributed by atoms with E-state index in [2.05, 4.69) is 10.0 Å². The number of carbonyl (C=O) groups is 1. The molecule has 0 aliphatic carbocycles. The van der Waals surface area contributed by atoms with Gasteiger partial charge in [0.25, 0.3) is 0 Å². The monoisotopic (exact) mass is 352 g/mol. The predicted molar refractivity (Wildman–Crippen MR) is 89.6 cm³/mol. The van der Waals surface area contributed by atoms with Crippen molar-refractivity contribution in [3.05, 3.63) is 65.2 Å². The standard InChI is InChI=1S/C16H17ClN2O3S/c1-18-16(20)11-15(12-7-9-13(17)10-8-12)19-23(21,22)14-5-3-2-4-6-14/h2-10,15,19H,11H2,1H3,(H,18,20)/t15-/m0/s1. The molecule has 2 aromatic rings. The third-order valence-corrected chi connectivity index (χ3v) is 5.03. The summed E-state index contributed by atoms with van der Waals surface area (Å²) in [5.41, 5.74) is 0.664. The first-order valence-electron chi connectivity index (χ1n) is 6.96. The van der Waals surface area contributed by atoms with Gasteiger partial charge in [-0.05, 0) is 29.8 Å². The maximum atomic E-state index is 12.5. The van der Waals surface area contributed by atoms with E-state index < -0.39 is 16.1 Å². The van der Waals surface area contributed by atoms with Crippen LogP contribution in [0.2, 0.25) is 5.02 Å². The van der Waals surface area contributed by atoms with Crippen LogP contribution in [0.4, 0.5) is 0 Å². The van der Waals surface area contributed by atoms with Gasteiger partial charge < -0.3 is 5.32 Å². The summed E-state index contributed by atoms with van der Waals surface area (Å²) in [6.07, 6.45) is -0.00973. The summed E-state index contributed by atoms with van der Waals surface area (Å²) >= 11 is 5.86. The van der Waals surface area contributed by atoms with Crippen molar-refractivity contribution in [2.75, 3.05) is 7.05 Å². The van der Waals surface area contributed by atoms with Crippen LogP contribution in [0.15, 0.2) is 59.5 Å². The molecule has 2 aromatic carbocycles. The van der Waals surface area contributed by atoms with Crippen LogP contribution in [0.1, 0.15) is 18.0 Å². The minimum atomic E-state index is -3.73. The van der Waals surface area contributed by atoms with Gasteiger partial charge in [0, 0.05) is 18.5 Å². The molecule has 122 valence electrons. The fourth-order valence-corrected chi connectivity index (χ4v) is 3.44. The minimum absolute atomic E-state index is 0.00973. The van der Waals surface area contributed by atoms with Gasteiger partial charge in [-0.3, -0.25) is 4.79 Å². The van der Waals surface area contributed by atoms with Crippen molar-refractivity contribution in [1.82, 2.24) is 10.0 Å². The van der Waals surface area contributed by atoms with Crippen LogP contribution in [-0.2, 0) is 14.8 Å². The molecule has 0 aromatic heterocycles. The van der Waals surface area contributed by atoms with Crippen LogP contribution in [-0.4, -0.2) is 21.4 Å². The average molecular weight is 353 g/mol. The lowest BCUT2D eigenvalue weighted by atomic mass is 10.0. The molecule has 0 bridgehead atoms. The Morgan fingerprint density at radius 1 is 1.09 bits per heavy atom. The second-order valence-corrected chi connectivity index (χ2v) is 7.07. The molecule has 0 radical (unpaired) electrons. The lowest BCUT2D eigenvalue weighted by molar-refractivity contribution is -0.121. The molecule has 23 heavy (non-hydrogen) atoms. The highest BCUT2D eigenvalue weighted by Gasteiger charge is 2.23. The molecule has 0 spiro atoms. The van der Waals surface area contributed by atoms with Gasteiger partial charge >= 0.3 is 0 Å². The Bertz CT molecular complexity index is 762. The second-order valence-electron chi connectivity index (χ2n) is 4.92. The maximum Gasteiger partial charge on any atom is 0.241 e. The van der Waals surface area contributed by atoms with E-state index in [0.29, 0.717) is 10.6 Å². The van der Waals surface area contributed by atoms with E-state index in [-0.39, 0.29) is 17.2 Å². The molecule has 0 saturated heterocycles. The molecule has 0 saturated carbocycles. The van der Waals surface area contributed by atoms with Gasteiger partial charge in [0.15, 0.2) is 0 Å². The number of halogens is 1. The van der Waals surface area contributed by atoms with Crippen LogP contribution < -0.4 is 10.0 Å². The van der Waals surface area contributed by atoms with E-state index in [1.807, 2.05) is 0 Å². The smallest absolute Gasteiger partial charge is 0.241 e. The van der Waals surface area contributed by atoms with Crippen molar-refractivity contribution in [2.24, 2.45) is 0 Å². The molecular formula is C16H17ClN2O3S. The molecule has 0 unspecified atom stereocenters. The topological polar surface area (TPSA) is 75.3 Å². The summed E-state index contributed by atoms with van der Waals surface area (Å²) in [6.45, 7) is 0. The number of rotatable bonds is 6. The highest BCUT2D eigenvalue weighted by atomic mass is 35.5. The Balaban J connectivity index is 2.30. The molecule has 0 aliphatic rings. The maximum absolute atomic E-state index is 12.5. The van der Waals surface area contributed by atoms with E-state index in [4.69, 9.17) is 11.6 Å². The van der Waals surface area contributed by atoms with Gasteiger partial charge in [0.2, 0.25) is 15.9 Å². The number of carbonyl (C=O) groups excluding carboxylic acids is 1. The second kappa shape index (κ2) is 7.59. The first-order chi connectivity index (χ1) is 10.9. The summed E-state index contributed by atoms with van der Waals surface area (Å²) in [4.78, 5) is 11.9. The molecule has 0 heterocycles. The van der Waals surface area contributed by atoms with Crippen LogP contribution in [0.25, 0.3) is 0 Å². The fourth-order valence-electron chi connectivity index (χ4n) is 2.07. The molecule has 0 aliphatic heterocycles. The molecule has 1 atom stereocenters. The van der Waals surface area contributed by atoms with Gasteiger partial charge in [0.1, 0.15) is 0 Å². The van der Waals surface area contributed by atoms with Gasteiger partial charge in [-0.15, -0.1) is 0 Å². The molecule has 2 rings (SSSR count). The Morgan fingerprint density at radius 3 is 2.26 bits per heavy atom. The SMILES string of the molecule is CNC(=O)C[C@H](NS(=O)(=O)c1ccccc1)c1ccc(Cl)cc1. The highest BCUT2D eigenvalue weighted by Crippen LogP contribution is 2.22. The molecule has 7 heteroatoms. The Kier molecular flexibility index (Phi) is 5.76. The van der Waals surface area contributed by atoms with Crippen molar-refractivity contribution in [2.45, 2.75) is 17.4 Å². The average Bonchev–Trinajstić information content (AvgIpc) is 2.55. The van der Waals surface area contributed by atoms with Crippen molar-refractivity contribution >= 4 is 27.5 Å². The summed E-state index contributed by atoms with van der Waals surface area (Å²) in [6, 6.07) is 14.1. The highest BCUT2D eigenvalue weighted by molar-refractivity contribution is 7.89.